The van der Waals surface area contributed by atoms with Crippen LogP contribution in [-0.2, 0) is 0 Å². The van der Waals surface area contributed by atoms with Gasteiger partial charge in [-0.2, -0.15) is 0 Å². The zero-order valence-corrected chi connectivity index (χ0v) is 13.8. The number of hydrogen-bond donors (Lipinski definition) is 1. The van der Waals surface area contributed by atoms with E-state index in [1.54, 1.807) is 0 Å². The fourth-order valence-corrected chi connectivity index (χ4v) is 2.06. The molecule has 2 nitrogen and oxygen atoms in total. The molecule has 0 aliphatic carbocycles. The van der Waals surface area contributed by atoms with E-state index in [4.69, 9.17) is 4.74 Å². The Morgan fingerprint density at radius 3 is 2.50 bits per heavy atom. The van der Waals surface area contributed by atoms with Crippen molar-refractivity contribution in [3.63, 3.8) is 0 Å². The fourth-order valence-electron chi connectivity index (χ4n) is 2.06. The first-order valence-electron chi connectivity index (χ1n) is 7.86. The van der Waals surface area contributed by atoms with Crippen molar-refractivity contribution in [2.75, 3.05) is 19.7 Å². The van der Waals surface area contributed by atoms with Crippen molar-refractivity contribution in [2.24, 2.45) is 5.41 Å². The molecule has 1 aromatic rings. The van der Waals surface area contributed by atoms with E-state index in [0.717, 1.165) is 31.9 Å². The van der Waals surface area contributed by atoms with Gasteiger partial charge in [0.2, 0.25) is 0 Å². The van der Waals surface area contributed by atoms with Crippen LogP contribution in [0.25, 0.3) is 0 Å². The Hall–Kier alpha value is -1.02. The molecule has 114 valence electrons. The Balaban J connectivity index is 2.32. The quantitative estimate of drug-likeness (QED) is 0.701. The van der Waals surface area contributed by atoms with Gasteiger partial charge in [0.05, 0.1) is 0 Å². The van der Waals surface area contributed by atoms with Gasteiger partial charge in [-0.15, -0.1) is 0 Å². The van der Waals surface area contributed by atoms with Crippen LogP contribution in [0.4, 0.5) is 0 Å². The number of ether oxygens (including phenoxy) is 1. The SMILES string of the molecule is CCC(C)c1ccccc1OCCNCCC(C)(C)C. The Kier molecular flexibility index (Phi) is 7.08. The maximum atomic E-state index is 5.93. The molecule has 0 heterocycles. The highest BCUT2D eigenvalue weighted by Crippen LogP contribution is 2.28. The normalized spacial score (nSPS) is 13.2. The van der Waals surface area contributed by atoms with Crippen LogP contribution in [0, 0.1) is 5.41 Å². The van der Waals surface area contributed by atoms with Crippen LogP contribution in [0.2, 0.25) is 0 Å². The van der Waals surface area contributed by atoms with Gasteiger partial charge in [0, 0.05) is 6.54 Å². The van der Waals surface area contributed by atoms with E-state index >= 15 is 0 Å². The highest BCUT2D eigenvalue weighted by Gasteiger charge is 2.10. The molecule has 0 aliphatic rings. The molecule has 1 atom stereocenters. The molecule has 0 fully saturated rings. The zero-order chi connectivity index (χ0) is 15.0. The molecule has 20 heavy (non-hydrogen) atoms. The first-order chi connectivity index (χ1) is 9.44. The van der Waals surface area contributed by atoms with E-state index < -0.39 is 0 Å². The number of rotatable bonds is 8. The van der Waals surface area contributed by atoms with Crippen LogP contribution in [0.3, 0.4) is 0 Å². The molecule has 0 aliphatic heterocycles. The summed E-state index contributed by atoms with van der Waals surface area (Å²) in [5, 5.41) is 3.45. The van der Waals surface area contributed by atoms with Gasteiger partial charge in [0.25, 0.3) is 0 Å². The lowest BCUT2D eigenvalue weighted by atomic mass is 9.92. The van der Waals surface area contributed by atoms with Gasteiger partial charge in [0.1, 0.15) is 12.4 Å². The smallest absolute Gasteiger partial charge is 0.122 e. The van der Waals surface area contributed by atoms with Crippen molar-refractivity contribution in [3.8, 4) is 5.75 Å². The van der Waals surface area contributed by atoms with Crippen molar-refractivity contribution < 1.29 is 4.74 Å². The van der Waals surface area contributed by atoms with E-state index in [0.29, 0.717) is 11.3 Å². The second kappa shape index (κ2) is 8.31. The molecule has 1 rings (SSSR count). The molecule has 2 heteroatoms. The molecule has 1 unspecified atom stereocenters. The van der Waals surface area contributed by atoms with Gasteiger partial charge in [-0.25, -0.2) is 0 Å². The van der Waals surface area contributed by atoms with E-state index in [2.05, 4.69) is 58.1 Å². The van der Waals surface area contributed by atoms with Crippen molar-refractivity contribution in [1.29, 1.82) is 0 Å². The predicted octanol–water partition coefficient (Wildman–Crippen LogP) is 4.60. The summed E-state index contributed by atoms with van der Waals surface area (Å²) >= 11 is 0. The van der Waals surface area contributed by atoms with Gasteiger partial charge in [0.15, 0.2) is 0 Å². The summed E-state index contributed by atoms with van der Waals surface area (Å²) in [6.45, 7) is 14.0. The maximum Gasteiger partial charge on any atom is 0.122 e. The summed E-state index contributed by atoms with van der Waals surface area (Å²) in [6.07, 6.45) is 2.33. The van der Waals surface area contributed by atoms with Crippen molar-refractivity contribution in [3.05, 3.63) is 29.8 Å². The summed E-state index contributed by atoms with van der Waals surface area (Å²) in [7, 11) is 0. The van der Waals surface area contributed by atoms with Crippen molar-refractivity contribution in [1.82, 2.24) is 5.32 Å². The van der Waals surface area contributed by atoms with Gasteiger partial charge in [-0.3, -0.25) is 0 Å². The zero-order valence-electron chi connectivity index (χ0n) is 13.8. The van der Waals surface area contributed by atoms with Gasteiger partial charge >= 0.3 is 0 Å². The second-order valence-corrected chi connectivity index (χ2v) is 6.76. The maximum absolute atomic E-state index is 5.93. The summed E-state index contributed by atoms with van der Waals surface area (Å²) in [4.78, 5) is 0. The van der Waals surface area contributed by atoms with Gasteiger partial charge < -0.3 is 10.1 Å². The monoisotopic (exact) mass is 277 g/mol. The number of hydrogen-bond acceptors (Lipinski definition) is 2. The second-order valence-electron chi connectivity index (χ2n) is 6.76. The standard InChI is InChI=1S/C18H31NO/c1-6-15(2)16-9-7-8-10-17(16)20-14-13-19-12-11-18(3,4)5/h7-10,15,19H,6,11-14H2,1-5H3. The van der Waals surface area contributed by atoms with E-state index in [-0.39, 0.29) is 0 Å². The first kappa shape index (κ1) is 17.0. The highest BCUT2D eigenvalue weighted by atomic mass is 16.5. The Morgan fingerprint density at radius 2 is 1.85 bits per heavy atom. The molecule has 0 spiro atoms. The van der Waals surface area contributed by atoms with Crippen LogP contribution in [0.15, 0.2) is 24.3 Å². The average Bonchev–Trinajstić information content (AvgIpc) is 2.41. The molecule has 0 amide bonds. The average molecular weight is 277 g/mol. The van der Waals surface area contributed by atoms with Crippen LogP contribution in [0.1, 0.15) is 58.9 Å². The molecule has 0 saturated heterocycles. The topological polar surface area (TPSA) is 21.3 Å². The molecular weight excluding hydrogens is 246 g/mol. The molecule has 0 saturated carbocycles. The lowest BCUT2D eigenvalue weighted by Gasteiger charge is -2.18. The third-order valence-electron chi connectivity index (χ3n) is 3.65. The number of para-hydroxylation sites is 1. The number of benzene rings is 1. The van der Waals surface area contributed by atoms with Gasteiger partial charge in [-0.1, -0.05) is 52.8 Å². The summed E-state index contributed by atoms with van der Waals surface area (Å²) in [5.41, 5.74) is 1.72. The lowest BCUT2D eigenvalue weighted by Crippen LogP contribution is -2.25. The van der Waals surface area contributed by atoms with E-state index in [9.17, 15) is 0 Å². The molecular formula is C18H31NO. The Morgan fingerprint density at radius 1 is 1.15 bits per heavy atom. The van der Waals surface area contributed by atoms with Crippen LogP contribution in [-0.4, -0.2) is 19.7 Å². The van der Waals surface area contributed by atoms with Gasteiger partial charge in [-0.05, 0) is 42.3 Å². The highest BCUT2D eigenvalue weighted by molar-refractivity contribution is 5.35. The molecule has 1 aromatic carbocycles. The predicted molar refractivity (Wildman–Crippen MR) is 87.6 cm³/mol. The molecule has 0 radical (unpaired) electrons. The summed E-state index contributed by atoms with van der Waals surface area (Å²) in [6, 6.07) is 8.40. The first-order valence-corrected chi connectivity index (χ1v) is 7.86. The van der Waals surface area contributed by atoms with Crippen LogP contribution >= 0.6 is 0 Å². The van der Waals surface area contributed by atoms with E-state index in [1.165, 1.54) is 12.0 Å². The third kappa shape index (κ3) is 6.42. The minimum absolute atomic E-state index is 0.400. The molecule has 1 N–H and O–H groups in total. The van der Waals surface area contributed by atoms with E-state index in [1.807, 2.05) is 6.07 Å². The molecule has 0 bridgehead atoms. The van der Waals surface area contributed by atoms with Crippen LogP contribution < -0.4 is 10.1 Å². The fraction of sp³-hybridized carbons (Fsp3) is 0.667. The van der Waals surface area contributed by atoms with Crippen molar-refractivity contribution >= 4 is 0 Å². The minimum Gasteiger partial charge on any atom is -0.492 e. The summed E-state index contributed by atoms with van der Waals surface area (Å²) < 4.78 is 5.93. The lowest BCUT2D eigenvalue weighted by molar-refractivity contribution is 0.300. The molecule has 0 aromatic heterocycles. The van der Waals surface area contributed by atoms with Crippen LogP contribution in [0.5, 0.6) is 5.75 Å². The minimum atomic E-state index is 0.400. The third-order valence-corrected chi connectivity index (χ3v) is 3.65. The summed E-state index contributed by atoms with van der Waals surface area (Å²) in [5.74, 6) is 1.60. The largest absolute Gasteiger partial charge is 0.492 e. The number of nitrogens with one attached hydrogen (secondary N) is 1. The van der Waals surface area contributed by atoms with Crippen molar-refractivity contribution in [2.45, 2.75) is 53.4 Å². The Labute approximate surface area is 124 Å². The Bertz CT molecular complexity index is 381.